The van der Waals surface area contributed by atoms with Gasteiger partial charge in [0, 0.05) is 5.69 Å². The zero-order valence-corrected chi connectivity index (χ0v) is 7.90. The predicted molar refractivity (Wildman–Crippen MR) is 49.6 cm³/mol. The van der Waals surface area contributed by atoms with Crippen LogP contribution in [0.3, 0.4) is 0 Å². The molecule has 0 fully saturated rings. The summed E-state index contributed by atoms with van der Waals surface area (Å²) >= 11 is 0. The smallest absolute Gasteiger partial charge is 0.166 e. The number of nitrogens with one attached hydrogen (secondary N) is 1. The van der Waals surface area contributed by atoms with E-state index in [-0.39, 0.29) is 0 Å². The Bertz CT molecular complexity index is 286. The number of hydrogen-bond donors (Lipinski definition) is 1. The molecule has 0 radical (unpaired) electrons. The molecule has 0 aliphatic carbocycles. The van der Waals surface area contributed by atoms with Crippen LogP contribution < -0.4 is 0 Å². The first-order valence-corrected chi connectivity index (χ1v) is 4.34. The van der Waals surface area contributed by atoms with E-state index in [1.807, 2.05) is 13.8 Å². The van der Waals surface area contributed by atoms with Crippen molar-refractivity contribution in [2.24, 2.45) is 0 Å². The Morgan fingerprint density at radius 3 is 2.50 bits per heavy atom. The first-order chi connectivity index (χ1) is 5.70. The lowest BCUT2D eigenvalue weighted by atomic mass is 10.1. The average Bonchev–Trinajstić information content (AvgIpc) is 2.32. The van der Waals surface area contributed by atoms with Crippen LogP contribution >= 0.6 is 0 Å². The summed E-state index contributed by atoms with van der Waals surface area (Å²) in [7, 11) is 0. The van der Waals surface area contributed by atoms with E-state index >= 15 is 0 Å². The second-order valence-electron chi connectivity index (χ2n) is 3.14. The number of aryl methyl sites for hydroxylation is 1. The van der Waals surface area contributed by atoms with Gasteiger partial charge in [-0.2, -0.15) is 0 Å². The predicted octanol–water partition coefficient (Wildman–Crippen LogP) is 2.40. The summed E-state index contributed by atoms with van der Waals surface area (Å²) in [5.74, 6) is 0. The van der Waals surface area contributed by atoms with E-state index in [2.05, 4.69) is 11.9 Å². The van der Waals surface area contributed by atoms with Crippen LogP contribution in [0, 0.1) is 13.8 Å². The van der Waals surface area contributed by atoms with E-state index in [1.165, 1.54) is 5.56 Å². The van der Waals surface area contributed by atoms with Gasteiger partial charge in [-0.05, 0) is 31.4 Å². The van der Waals surface area contributed by atoms with Crippen molar-refractivity contribution in [2.75, 3.05) is 0 Å². The van der Waals surface area contributed by atoms with Crippen molar-refractivity contribution < 1.29 is 4.79 Å². The molecule has 0 aliphatic rings. The first-order valence-electron chi connectivity index (χ1n) is 4.34. The molecule has 12 heavy (non-hydrogen) atoms. The molecule has 0 spiro atoms. The molecule has 1 rings (SSSR count). The van der Waals surface area contributed by atoms with Crippen molar-refractivity contribution in [3.63, 3.8) is 0 Å². The molecular weight excluding hydrogens is 150 g/mol. The topological polar surface area (TPSA) is 32.9 Å². The second kappa shape index (κ2) is 3.57. The Balaban J connectivity index is 3.09. The van der Waals surface area contributed by atoms with Crippen LogP contribution in [0.15, 0.2) is 0 Å². The third kappa shape index (κ3) is 1.42. The van der Waals surface area contributed by atoms with Gasteiger partial charge in [0.25, 0.3) is 0 Å². The highest BCUT2D eigenvalue weighted by Crippen LogP contribution is 2.17. The monoisotopic (exact) mass is 165 g/mol. The number of hydrogen-bond acceptors (Lipinski definition) is 1. The molecule has 1 aromatic heterocycles. The molecule has 0 bridgehead atoms. The van der Waals surface area contributed by atoms with Crippen molar-refractivity contribution >= 4 is 6.29 Å². The molecule has 0 saturated carbocycles. The maximum atomic E-state index is 10.6. The zero-order chi connectivity index (χ0) is 9.14. The summed E-state index contributed by atoms with van der Waals surface area (Å²) in [6.07, 6.45) is 3.07. The summed E-state index contributed by atoms with van der Waals surface area (Å²) < 4.78 is 0. The highest BCUT2D eigenvalue weighted by atomic mass is 16.1. The lowest BCUT2D eigenvalue weighted by Gasteiger charge is -1.97. The lowest BCUT2D eigenvalue weighted by molar-refractivity contribution is 0.111. The van der Waals surface area contributed by atoms with E-state index in [0.29, 0.717) is 0 Å². The van der Waals surface area contributed by atoms with E-state index in [1.54, 1.807) is 0 Å². The normalized spacial score (nSPS) is 10.2. The fourth-order valence-electron chi connectivity index (χ4n) is 1.56. The number of carbonyl (C=O) groups is 1. The van der Waals surface area contributed by atoms with E-state index < -0.39 is 0 Å². The van der Waals surface area contributed by atoms with Crippen LogP contribution in [0.25, 0.3) is 0 Å². The largest absolute Gasteiger partial charge is 0.356 e. The van der Waals surface area contributed by atoms with Crippen molar-refractivity contribution in [1.29, 1.82) is 0 Å². The van der Waals surface area contributed by atoms with Crippen molar-refractivity contribution in [3.05, 3.63) is 22.5 Å². The molecule has 66 valence electrons. The molecule has 0 atom stereocenters. The van der Waals surface area contributed by atoms with E-state index in [4.69, 9.17) is 0 Å². The van der Waals surface area contributed by atoms with Crippen LogP contribution in [-0.4, -0.2) is 11.3 Å². The fourth-order valence-corrected chi connectivity index (χ4v) is 1.56. The minimum atomic E-state index is 0.732. The SMILES string of the molecule is CCCc1c(C)[nH]c(C=O)c1C. The Morgan fingerprint density at radius 1 is 1.42 bits per heavy atom. The van der Waals surface area contributed by atoms with Crippen LogP contribution in [0.1, 0.15) is 40.7 Å². The number of carbonyl (C=O) groups excluding carboxylic acids is 1. The second-order valence-corrected chi connectivity index (χ2v) is 3.14. The van der Waals surface area contributed by atoms with Gasteiger partial charge in [-0.15, -0.1) is 0 Å². The molecule has 0 aliphatic heterocycles. The molecule has 0 unspecified atom stereocenters. The van der Waals surface area contributed by atoms with Crippen molar-refractivity contribution in [2.45, 2.75) is 33.6 Å². The van der Waals surface area contributed by atoms with Gasteiger partial charge in [-0.1, -0.05) is 13.3 Å². The molecule has 2 nitrogen and oxygen atoms in total. The van der Waals surface area contributed by atoms with E-state index in [9.17, 15) is 4.79 Å². The van der Waals surface area contributed by atoms with Gasteiger partial charge in [0.2, 0.25) is 0 Å². The summed E-state index contributed by atoms with van der Waals surface area (Å²) in [4.78, 5) is 13.6. The zero-order valence-electron chi connectivity index (χ0n) is 7.90. The lowest BCUT2D eigenvalue weighted by Crippen LogP contribution is -1.87. The number of rotatable bonds is 3. The highest BCUT2D eigenvalue weighted by Gasteiger charge is 2.08. The first kappa shape index (κ1) is 9.04. The van der Waals surface area contributed by atoms with Crippen LogP contribution in [0.2, 0.25) is 0 Å². The van der Waals surface area contributed by atoms with Gasteiger partial charge in [-0.3, -0.25) is 4.79 Å². The quantitative estimate of drug-likeness (QED) is 0.685. The minimum absolute atomic E-state index is 0.732. The van der Waals surface area contributed by atoms with Gasteiger partial charge in [0.1, 0.15) is 0 Å². The highest BCUT2D eigenvalue weighted by molar-refractivity contribution is 5.75. The maximum Gasteiger partial charge on any atom is 0.166 e. The molecule has 0 aromatic carbocycles. The minimum Gasteiger partial charge on any atom is -0.356 e. The molecule has 2 heteroatoms. The van der Waals surface area contributed by atoms with Crippen LogP contribution in [-0.2, 0) is 6.42 Å². The number of H-pyrrole nitrogens is 1. The Morgan fingerprint density at radius 2 is 2.08 bits per heavy atom. The van der Waals surface area contributed by atoms with Gasteiger partial charge >= 0.3 is 0 Å². The number of aldehydes is 1. The fraction of sp³-hybridized carbons (Fsp3) is 0.500. The number of aromatic amines is 1. The Labute approximate surface area is 73.0 Å². The molecule has 0 saturated heterocycles. The Hall–Kier alpha value is -1.05. The van der Waals surface area contributed by atoms with Crippen molar-refractivity contribution in [1.82, 2.24) is 4.98 Å². The third-order valence-corrected chi connectivity index (χ3v) is 2.25. The van der Waals surface area contributed by atoms with Crippen molar-refractivity contribution in [3.8, 4) is 0 Å². The van der Waals surface area contributed by atoms with Gasteiger partial charge < -0.3 is 4.98 Å². The molecular formula is C10H15NO. The van der Waals surface area contributed by atoms with Gasteiger partial charge in [-0.25, -0.2) is 0 Å². The third-order valence-electron chi connectivity index (χ3n) is 2.25. The van der Waals surface area contributed by atoms with Crippen LogP contribution in [0.5, 0.6) is 0 Å². The molecule has 1 heterocycles. The summed E-state index contributed by atoms with van der Waals surface area (Å²) in [5.41, 5.74) is 4.29. The molecule has 1 aromatic rings. The summed E-state index contributed by atoms with van der Waals surface area (Å²) in [5, 5.41) is 0. The number of aromatic nitrogens is 1. The average molecular weight is 165 g/mol. The summed E-state index contributed by atoms with van der Waals surface area (Å²) in [6.45, 7) is 6.16. The summed E-state index contributed by atoms with van der Waals surface area (Å²) in [6, 6.07) is 0. The van der Waals surface area contributed by atoms with E-state index in [0.717, 1.165) is 36.1 Å². The molecule has 1 N–H and O–H groups in total. The van der Waals surface area contributed by atoms with Crippen LogP contribution in [0.4, 0.5) is 0 Å². The standard InChI is InChI=1S/C10H15NO/c1-4-5-9-7(2)10(6-12)11-8(9)3/h6,11H,4-5H2,1-3H3. The van der Waals surface area contributed by atoms with Gasteiger partial charge in [0.15, 0.2) is 6.29 Å². The van der Waals surface area contributed by atoms with Gasteiger partial charge in [0.05, 0.1) is 5.69 Å². The molecule has 0 amide bonds. The Kier molecular flexibility index (Phi) is 2.69. The maximum absolute atomic E-state index is 10.6.